The maximum absolute atomic E-state index is 10.9. The van der Waals surface area contributed by atoms with Gasteiger partial charge in [0.05, 0.1) is 17.5 Å². The summed E-state index contributed by atoms with van der Waals surface area (Å²) < 4.78 is 0. The molecule has 104 valence electrons. The number of hydrogen-bond donors (Lipinski definition) is 3. The molecule has 2 heterocycles. The van der Waals surface area contributed by atoms with Crippen LogP contribution in [0.25, 0.3) is 0 Å². The normalized spacial score (nSPS) is 17.6. The van der Waals surface area contributed by atoms with Gasteiger partial charge in [0, 0.05) is 24.4 Å². The third kappa shape index (κ3) is 2.34. The minimum atomic E-state index is -1.01. The summed E-state index contributed by atoms with van der Waals surface area (Å²) in [4.78, 5) is 19.2. The van der Waals surface area contributed by atoms with Crippen molar-refractivity contribution < 1.29 is 9.90 Å². The van der Waals surface area contributed by atoms with Crippen molar-refractivity contribution in [1.29, 1.82) is 0 Å². The lowest BCUT2D eigenvalue weighted by Gasteiger charge is -2.22. The van der Waals surface area contributed by atoms with Gasteiger partial charge in [-0.15, -0.1) is 0 Å². The minimum Gasteiger partial charge on any atom is -0.478 e. The van der Waals surface area contributed by atoms with Crippen LogP contribution in [0.2, 0.25) is 0 Å². The summed E-state index contributed by atoms with van der Waals surface area (Å²) in [6.45, 7) is 1.67. The predicted molar refractivity (Wildman–Crippen MR) is 71.8 cm³/mol. The fourth-order valence-electron chi connectivity index (χ4n) is 2.46. The smallest absolute Gasteiger partial charge is 0.339 e. The molecule has 0 aromatic carbocycles. The molecule has 7 heteroatoms. The molecule has 0 amide bonds. The molecule has 0 aliphatic heterocycles. The predicted octanol–water partition coefficient (Wildman–Crippen LogP) is 1.18. The molecule has 1 atom stereocenters. The third-order valence-electron chi connectivity index (χ3n) is 3.56. The van der Waals surface area contributed by atoms with E-state index in [0.29, 0.717) is 11.6 Å². The van der Waals surface area contributed by atoms with Crippen LogP contribution in [0, 0.1) is 6.92 Å². The lowest BCUT2D eigenvalue weighted by atomic mass is 9.94. The topological polar surface area (TPSA) is 104 Å². The quantitative estimate of drug-likeness (QED) is 0.775. The number of fused-ring (bicyclic) bond motifs is 1. The van der Waals surface area contributed by atoms with Gasteiger partial charge in [-0.1, -0.05) is 0 Å². The number of carboxylic acid groups (broad SMARTS) is 1. The lowest BCUT2D eigenvalue weighted by Crippen LogP contribution is -2.28. The molecule has 0 spiro atoms. The Hall–Kier alpha value is -2.44. The first kappa shape index (κ1) is 12.6. The molecule has 1 unspecified atom stereocenters. The van der Waals surface area contributed by atoms with Crippen LogP contribution in [0.1, 0.15) is 33.7 Å². The highest BCUT2D eigenvalue weighted by atomic mass is 16.4. The van der Waals surface area contributed by atoms with E-state index < -0.39 is 5.97 Å². The van der Waals surface area contributed by atoms with E-state index in [1.807, 2.05) is 6.20 Å². The number of rotatable bonds is 3. The highest BCUT2D eigenvalue weighted by Crippen LogP contribution is 2.21. The summed E-state index contributed by atoms with van der Waals surface area (Å²) in [5, 5.41) is 19.2. The molecule has 2 aromatic rings. The Kier molecular flexibility index (Phi) is 3.09. The van der Waals surface area contributed by atoms with Gasteiger partial charge in [-0.3, -0.25) is 5.10 Å². The highest BCUT2D eigenvalue weighted by Gasteiger charge is 2.21. The number of nitrogens with one attached hydrogen (secondary N) is 2. The van der Waals surface area contributed by atoms with Crippen LogP contribution in [0.4, 0.5) is 5.95 Å². The monoisotopic (exact) mass is 273 g/mol. The zero-order valence-electron chi connectivity index (χ0n) is 11.1. The molecule has 3 N–H and O–H groups in total. The number of hydrogen-bond acceptors (Lipinski definition) is 5. The number of aromatic amines is 1. The summed E-state index contributed by atoms with van der Waals surface area (Å²) in [5.74, 6) is -0.533. The van der Waals surface area contributed by atoms with Crippen LogP contribution in [0.5, 0.6) is 0 Å². The summed E-state index contributed by atoms with van der Waals surface area (Å²) in [7, 11) is 0. The molecule has 2 aromatic heterocycles. The maximum atomic E-state index is 10.9. The van der Waals surface area contributed by atoms with Crippen molar-refractivity contribution in [3.63, 3.8) is 0 Å². The molecular weight excluding hydrogens is 258 g/mol. The van der Waals surface area contributed by atoms with Crippen LogP contribution in [0.3, 0.4) is 0 Å². The molecule has 0 radical (unpaired) electrons. The summed E-state index contributed by atoms with van der Waals surface area (Å²) >= 11 is 0. The van der Waals surface area contributed by atoms with E-state index in [-0.39, 0.29) is 11.6 Å². The number of anilines is 1. The Bertz CT molecular complexity index is 652. The van der Waals surface area contributed by atoms with Crippen LogP contribution in [-0.2, 0) is 12.8 Å². The van der Waals surface area contributed by atoms with E-state index in [1.165, 1.54) is 11.8 Å². The number of aromatic carboxylic acids is 1. The Labute approximate surface area is 115 Å². The van der Waals surface area contributed by atoms with Gasteiger partial charge in [-0.05, 0) is 25.3 Å². The van der Waals surface area contributed by atoms with E-state index in [4.69, 9.17) is 5.11 Å². The van der Waals surface area contributed by atoms with Crippen LogP contribution < -0.4 is 5.32 Å². The minimum absolute atomic E-state index is 0.134. The van der Waals surface area contributed by atoms with E-state index in [9.17, 15) is 4.79 Å². The number of nitrogens with zero attached hydrogens (tertiary/aromatic N) is 3. The van der Waals surface area contributed by atoms with Gasteiger partial charge in [-0.25, -0.2) is 14.8 Å². The molecule has 20 heavy (non-hydrogen) atoms. The second-order valence-corrected chi connectivity index (χ2v) is 4.96. The van der Waals surface area contributed by atoms with Gasteiger partial charge in [-0.2, -0.15) is 5.10 Å². The average Bonchev–Trinajstić information content (AvgIpc) is 2.85. The standard InChI is InChI=1S/C13H15N5O2/c1-7-10(12(19)20)6-14-13(16-7)17-9-3-2-8-5-15-18-11(8)4-9/h5-6,9H,2-4H2,1H3,(H,15,18)(H,19,20)(H,14,16,17). The maximum Gasteiger partial charge on any atom is 0.339 e. The average molecular weight is 273 g/mol. The molecule has 0 saturated carbocycles. The molecule has 0 saturated heterocycles. The molecule has 1 aliphatic rings. The molecule has 3 rings (SSSR count). The first-order valence-electron chi connectivity index (χ1n) is 6.48. The SMILES string of the molecule is Cc1nc(NC2CCc3cn[nH]c3C2)ncc1C(=O)O. The van der Waals surface area contributed by atoms with Gasteiger partial charge in [0.15, 0.2) is 0 Å². The van der Waals surface area contributed by atoms with Crippen molar-refractivity contribution in [2.45, 2.75) is 32.2 Å². The van der Waals surface area contributed by atoms with Gasteiger partial charge >= 0.3 is 5.97 Å². The van der Waals surface area contributed by atoms with E-state index in [1.54, 1.807) is 6.92 Å². The van der Waals surface area contributed by atoms with Gasteiger partial charge in [0.1, 0.15) is 0 Å². The molecule has 7 nitrogen and oxygen atoms in total. The third-order valence-corrected chi connectivity index (χ3v) is 3.56. The second kappa shape index (κ2) is 4.92. The van der Waals surface area contributed by atoms with Crippen molar-refractivity contribution in [3.05, 3.63) is 34.9 Å². The number of carbonyl (C=O) groups is 1. The number of aromatic nitrogens is 4. The molecule has 0 fully saturated rings. The zero-order chi connectivity index (χ0) is 14.1. The lowest BCUT2D eigenvalue weighted by molar-refractivity contribution is 0.0695. The zero-order valence-corrected chi connectivity index (χ0v) is 11.1. The molecular formula is C13H15N5O2. The van der Waals surface area contributed by atoms with Gasteiger partial charge < -0.3 is 10.4 Å². The number of carboxylic acids is 1. The summed E-state index contributed by atoms with van der Waals surface area (Å²) in [6, 6.07) is 0.234. The van der Waals surface area contributed by atoms with E-state index >= 15 is 0 Å². The second-order valence-electron chi connectivity index (χ2n) is 4.96. The Morgan fingerprint density at radius 1 is 1.50 bits per heavy atom. The van der Waals surface area contributed by atoms with Crippen LogP contribution >= 0.6 is 0 Å². The summed E-state index contributed by atoms with van der Waals surface area (Å²) in [5.41, 5.74) is 3.01. The van der Waals surface area contributed by atoms with Crippen molar-refractivity contribution >= 4 is 11.9 Å². The Morgan fingerprint density at radius 3 is 3.10 bits per heavy atom. The van der Waals surface area contributed by atoms with Gasteiger partial charge in [0.25, 0.3) is 0 Å². The van der Waals surface area contributed by atoms with Gasteiger partial charge in [0.2, 0.25) is 5.95 Å². The fourth-order valence-corrected chi connectivity index (χ4v) is 2.46. The van der Waals surface area contributed by atoms with E-state index in [0.717, 1.165) is 25.0 Å². The molecule has 1 aliphatic carbocycles. The van der Waals surface area contributed by atoms with Crippen LogP contribution in [-0.4, -0.2) is 37.3 Å². The first-order valence-corrected chi connectivity index (χ1v) is 6.48. The Morgan fingerprint density at radius 2 is 2.35 bits per heavy atom. The Balaban J connectivity index is 1.73. The highest BCUT2D eigenvalue weighted by molar-refractivity contribution is 5.88. The van der Waals surface area contributed by atoms with Crippen molar-refractivity contribution in [3.8, 4) is 0 Å². The fraction of sp³-hybridized carbons (Fsp3) is 0.385. The van der Waals surface area contributed by atoms with Crippen molar-refractivity contribution in [1.82, 2.24) is 20.2 Å². The number of aryl methyl sites for hydroxylation is 2. The van der Waals surface area contributed by atoms with E-state index in [2.05, 4.69) is 25.5 Å². The van der Waals surface area contributed by atoms with Crippen molar-refractivity contribution in [2.24, 2.45) is 0 Å². The largest absolute Gasteiger partial charge is 0.478 e. The van der Waals surface area contributed by atoms with Crippen molar-refractivity contribution in [2.75, 3.05) is 5.32 Å². The van der Waals surface area contributed by atoms with Crippen LogP contribution in [0.15, 0.2) is 12.4 Å². The number of H-pyrrole nitrogens is 1. The summed E-state index contributed by atoms with van der Waals surface area (Å²) in [6.07, 6.45) is 6.01. The molecule has 0 bridgehead atoms. The first-order chi connectivity index (χ1) is 9.63.